The van der Waals surface area contributed by atoms with Crippen LogP contribution in [0.3, 0.4) is 0 Å². The van der Waals surface area contributed by atoms with Crippen molar-refractivity contribution in [2.45, 2.75) is 43.2 Å². The average Bonchev–Trinajstić information content (AvgIpc) is 2.92. The molecule has 2 aliphatic rings. The van der Waals surface area contributed by atoms with Crippen molar-refractivity contribution in [3.05, 3.63) is 65.2 Å². The molecule has 0 unspecified atom stereocenters. The zero-order valence-corrected chi connectivity index (χ0v) is 15.8. The van der Waals surface area contributed by atoms with E-state index >= 15 is 0 Å². The van der Waals surface area contributed by atoms with Gasteiger partial charge in [0, 0.05) is 5.56 Å². The Morgan fingerprint density at radius 1 is 1.19 bits per heavy atom. The number of sulfonamides is 1. The number of aliphatic imine (C=N–C) groups is 1. The lowest BCUT2D eigenvalue weighted by atomic mass is 9.87. The van der Waals surface area contributed by atoms with Gasteiger partial charge in [0.05, 0.1) is 10.9 Å². The molecule has 0 spiro atoms. The lowest BCUT2D eigenvalue weighted by Crippen LogP contribution is -2.37. The van der Waals surface area contributed by atoms with Crippen molar-refractivity contribution in [2.24, 2.45) is 4.99 Å². The van der Waals surface area contributed by atoms with Crippen LogP contribution >= 0.6 is 0 Å². The smallest absolute Gasteiger partial charge is 0.263 e. The fourth-order valence-corrected chi connectivity index (χ4v) is 4.92. The van der Waals surface area contributed by atoms with E-state index in [0.717, 1.165) is 24.8 Å². The lowest BCUT2D eigenvalue weighted by molar-refractivity contribution is -0.122. The molecule has 1 amide bonds. The molecule has 1 aliphatic carbocycles. The zero-order valence-electron chi connectivity index (χ0n) is 15.0. The maximum absolute atomic E-state index is 12.7. The number of benzene rings is 2. The van der Waals surface area contributed by atoms with Crippen molar-refractivity contribution in [2.75, 3.05) is 0 Å². The van der Waals surface area contributed by atoms with Crippen LogP contribution in [0, 0.1) is 0 Å². The molecule has 2 N–H and O–H groups in total. The van der Waals surface area contributed by atoms with Gasteiger partial charge in [0.15, 0.2) is 0 Å². The van der Waals surface area contributed by atoms with Gasteiger partial charge in [0.1, 0.15) is 11.9 Å². The number of nitrogens with zero attached hydrogens (tertiary/aromatic N) is 1. The van der Waals surface area contributed by atoms with Crippen LogP contribution in [0.15, 0.2) is 58.4 Å². The first kappa shape index (κ1) is 17.7. The van der Waals surface area contributed by atoms with Gasteiger partial charge in [-0.05, 0) is 49.4 Å². The van der Waals surface area contributed by atoms with Gasteiger partial charge in [-0.3, -0.25) is 14.5 Å². The van der Waals surface area contributed by atoms with Crippen molar-refractivity contribution in [1.82, 2.24) is 10.0 Å². The summed E-state index contributed by atoms with van der Waals surface area (Å²) in [6.45, 7) is 1.67. The van der Waals surface area contributed by atoms with Gasteiger partial charge in [-0.1, -0.05) is 36.4 Å². The van der Waals surface area contributed by atoms with Crippen LogP contribution in [0.5, 0.6) is 0 Å². The highest BCUT2D eigenvalue weighted by atomic mass is 32.2. The fraction of sp³-hybridized carbons (Fsp3) is 0.300. The van der Waals surface area contributed by atoms with E-state index in [2.05, 4.69) is 27.2 Å². The predicted octanol–water partition coefficient (Wildman–Crippen LogP) is 2.31. The van der Waals surface area contributed by atoms with Crippen LogP contribution in [-0.4, -0.2) is 26.2 Å². The number of nitrogens with one attached hydrogen (secondary N) is 2. The zero-order chi connectivity index (χ0) is 19.0. The van der Waals surface area contributed by atoms with Gasteiger partial charge >= 0.3 is 0 Å². The Bertz CT molecular complexity index is 1030. The summed E-state index contributed by atoms with van der Waals surface area (Å²) in [5, 5.41) is 3.07. The van der Waals surface area contributed by atoms with E-state index in [-0.39, 0.29) is 22.7 Å². The first-order valence-corrected chi connectivity index (χ1v) is 10.5. The van der Waals surface area contributed by atoms with Crippen LogP contribution in [0.2, 0.25) is 0 Å². The number of fused-ring (bicyclic) bond motifs is 2. The van der Waals surface area contributed by atoms with Crippen LogP contribution in [0.1, 0.15) is 42.5 Å². The molecule has 2 aromatic carbocycles. The Morgan fingerprint density at radius 3 is 2.78 bits per heavy atom. The highest BCUT2D eigenvalue weighted by Crippen LogP contribution is 2.29. The normalized spacial score (nSPS) is 22.4. The van der Waals surface area contributed by atoms with E-state index in [1.165, 1.54) is 11.6 Å². The molecule has 0 saturated carbocycles. The maximum Gasteiger partial charge on any atom is 0.263 e. The van der Waals surface area contributed by atoms with Crippen LogP contribution in [0.25, 0.3) is 0 Å². The van der Waals surface area contributed by atoms with Gasteiger partial charge < -0.3 is 5.32 Å². The summed E-state index contributed by atoms with van der Waals surface area (Å²) in [6.07, 6.45) is 2.94. The first-order valence-electron chi connectivity index (χ1n) is 9.04. The molecule has 1 heterocycles. The minimum Gasteiger partial charge on any atom is -0.347 e. The Hall–Kier alpha value is -2.67. The second-order valence-corrected chi connectivity index (χ2v) is 8.56. The Morgan fingerprint density at radius 2 is 1.93 bits per heavy atom. The van der Waals surface area contributed by atoms with E-state index in [4.69, 9.17) is 0 Å². The summed E-state index contributed by atoms with van der Waals surface area (Å²) < 4.78 is 26.8. The molecule has 140 valence electrons. The molecule has 27 heavy (non-hydrogen) atoms. The fourth-order valence-electron chi connectivity index (χ4n) is 3.68. The van der Waals surface area contributed by atoms with E-state index in [0.29, 0.717) is 5.56 Å². The van der Waals surface area contributed by atoms with Gasteiger partial charge in [-0.25, -0.2) is 8.42 Å². The van der Waals surface area contributed by atoms with Crippen molar-refractivity contribution >= 4 is 21.8 Å². The van der Waals surface area contributed by atoms with E-state index in [1.807, 2.05) is 12.1 Å². The molecule has 2 aromatic rings. The number of rotatable bonds is 3. The molecular weight excluding hydrogens is 362 g/mol. The van der Waals surface area contributed by atoms with Gasteiger partial charge in [-0.2, -0.15) is 0 Å². The molecule has 0 aromatic heterocycles. The van der Waals surface area contributed by atoms with Gasteiger partial charge in [0.25, 0.3) is 10.0 Å². The molecule has 7 heteroatoms. The van der Waals surface area contributed by atoms with Crippen LogP contribution < -0.4 is 10.0 Å². The van der Waals surface area contributed by atoms with Crippen LogP contribution in [-0.2, 0) is 21.2 Å². The van der Waals surface area contributed by atoms with Crippen molar-refractivity contribution in [3.63, 3.8) is 0 Å². The molecular formula is C20H21N3O3S. The quantitative estimate of drug-likeness (QED) is 0.853. The monoisotopic (exact) mass is 383 g/mol. The first-order chi connectivity index (χ1) is 13.0. The largest absolute Gasteiger partial charge is 0.347 e. The highest BCUT2D eigenvalue weighted by Gasteiger charge is 2.31. The molecule has 1 aliphatic heterocycles. The molecule has 6 nitrogen and oxygen atoms in total. The number of carbonyl (C=O) groups excluding carboxylic acids is 1. The molecule has 0 bridgehead atoms. The molecule has 0 radical (unpaired) electrons. The third-order valence-electron chi connectivity index (χ3n) is 5.05. The summed E-state index contributed by atoms with van der Waals surface area (Å²) in [6, 6.07) is 14.0. The van der Waals surface area contributed by atoms with Gasteiger partial charge in [-0.15, -0.1) is 0 Å². The van der Waals surface area contributed by atoms with E-state index < -0.39 is 16.1 Å². The summed E-state index contributed by atoms with van der Waals surface area (Å²) in [5.41, 5.74) is 2.93. The van der Waals surface area contributed by atoms with E-state index in [1.54, 1.807) is 25.1 Å². The Kier molecular flexibility index (Phi) is 4.47. The molecule has 0 saturated heterocycles. The van der Waals surface area contributed by atoms with Crippen molar-refractivity contribution in [1.29, 1.82) is 0 Å². The maximum atomic E-state index is 12.7. The SMILES string of the molecule is C[C@H](N=C1NS(=O)(=O)c2ccccc21)C(=O)N[C@H]1CCCc2ccccc21. The number of amides is 1. The topological polar surface area (TPSA) is 87.6 Å². The third-order valence-corrected chi connectivity index (χ3v) is 6.45. The number of hydrogen-bond acceptors (Lipinski definition) is 4. The second kappa shape index (κ2) is 6.81. The van der Waals surface area contributed by atoms with E-state index in [9.17, 15) is 13.2 Å². The summed E-state index contributed by atoms with van der Waals surface area (Å²) in [4.78, 5) is 17.2. The minimum atomic E-state index is -3.61. The Balaban J connectivity index is 1.54. The number of aryl methyl sites for hydroxylation is 1. The van der Waals surface area contributed by atoms with Crippen molar-refractivity contribution < 1.29 is 13.2 Å². The number of hydrogen-bond donors (Lipinski definition) is 2. The average molecular weight is 383 g/mol. The van der Waals surface area contributed by atoms with Crippen molar-refractivity contribution in [3.8, 4) is 0 Å². The lowest BCUT2D eigenvalue weighted by Gasteiger charge is -2.27. The summed E-state index contributed by atoms with van der Waals surface area (Å²) in [7, 11) is -3.61. The third kappa shape index (κ3) is 3.35. The Labute approximate surface area is 158 Å². The molecule has 0 fully saturated rings. The number of amidine groups is 1. The molecule has 2 atom stereocenters. The standard InChI is InChI=1S/C20H21N3O3S/c1-13(21-19-16-10-4-5-12-18(16)27(25,26)23-19)20(24)22-17-11-6-8-14-7-2-3-9-15(14)17/h2-5,7,9-10,12-13,17H,6,8,11H2,1H3,(H,21,23)(H,22,24)/t13-,17-/m0/s1. The van der Waals surface area contributed by atoms with Gasteiger partial charge in [0.2, 0.25) is 5.91 Å². The highest BCUT2D eigenvalue weighted by molar-refractivity contribution is 7.90. The summed E-state index contributed by atoms with van der Waals surface area (Å²) >= 11 is 0. The van der Waals surface area contributed by atoms with Crippen LogP contribution in [0.4, 0.5) is 0 Å². The molecule has 4 rings (SSSR count). The minimum absolute atomic E-state index is 0.0299. The predicted molar refractivity (Wildman–Crippen MR) is 103 cm³/mol. The summed E-state index contributed by atoms with van der Waals surface area (Å²) in [5.74, 6) is 0.00470. The number of carbonyl (C=O) groups is 1. The second-order valence-electron chi connectivity index (χ2n) is 6.91.